The maximum Gasteiger partial charge on any atom is 0.274 e. The zero-order valence-corrected chi connectivity index (χ0v) is 23.8. The van der Waals surface area contributed by atoms with Crippen molar-refractivity contribution in [3.8, 4) is 0 Å². The summed E-state index contributed by atoms with van der Waals surface area (Å²) in [4.78, 5) is 4.37. The summed E-state index contributed by atoms with van der Waals surface area (Å²) in [6, 6.07) is 21.8. The first kappa shape index (κ1) is 29.0. The highest BCUT2D eigenvalue weighted by Gasteiger charge is 2.33. The normalized spacial score (nSPS) is 17.1. The third-order valence-corrected chi connectivity index (χ3v) is 8.31. The number of benzene rings is 3. The van der Waals surface area contributed by atoms with Crippen LogP contribution in [0.2, 0.25) is 10.0 Å². The molecule has 1 aliphatic heterocycles. The molecule has 206 valence electrons. The number of aliphatic imine (C=N–C) groups is 1. The van der Waals surface area contributed by atoms with Crippen molar-refractivity contribution in [2.75, 3.05) is 13.1 Å². The van der Waals surface area contributed by atoms with E-state index in [1.807, 2.05) is 42.5 Å². The molecule has 0 saturated carbocycles. The fourth-order valence-corrected chi connectivity index (χ4v) is 5.87. The minimum atomic E-state index is -4.10. The Morgan fingerprint density at radius 3 is 2.18 bits per heavy atom. The molecule has 4 rings (SSSR count). The molecule has 2 atom stereocenters. The topological polar surface area (TPSA) is 146 Å². The molecule has 0 aliphatic carbocycles. The summed E-state index contributed by atoms with van der Waals surface area (Å²) in [6.45, 7) is 1.70. The highest BCUT2D eigenvalue weighted by Crippen LogP contribution is 2.29. The Kier molecular flexibility index (Phi) is 8.94. The summed E-state index contributed by atoms with van der Waals surface area (Å²) >= 11 is 12.0. The summed E-state index contributed by atoms with van der Waals surface area (Å²) in [5.74, 6) is -0.310. The number of halogens is 2. The molecule has 14 heteroatoms. The number of hydrazone groups is 1. The van der Waals surface area contributed by atoms with Gasteiger partial charge in [0, 0.05) is 22.0 Å². The predicted molar refractivity (Wildman–Crippen MR) is 154 cm³/mol. The van der Waals surface area contributed by atoms with Crippen LogP contribution in [0, 0.1) is 0 Å². The predicted octanol–water partition coefficient (Wildman–Crippen LogP) is 3.31. The van der Waals surface area contributed by atoms with Crippen molar-refractivity contribution in [1.82, 2.24) is 14.5 Å². The first-order valence-corrected chi connectivity index (χ1v) is 15.5. The lowest BCUT2D eigenvalue weighted by atomic mass is 9.91. The average Bonchev–Trinajstić information content (AvgIpc) is 3.32. The summed E-state index contributed by atoms with van der Waals surface area (Å²) in [7, 11) is -8.09. The molecule has 0 saturated heterocycles. The summed E-state index contributed by atoms with van der Waals surface area (Å²) in [5.41, 5.74) is 2.46. The Bertz CT molecular complexity index is 1580. The minimum absolute atomic E-state index is 0.0315. The van der Waals surface area contributed by atoms with E-state index >= 15 is 0 Å². The number of nitrogens with two attached hydrogens (primary N) is 1. The van der Waals surface area contributed by atoms with Crippen molar-refractivity contribution in [2.45, 2.75) is 23.8 Å². The summed E-state index contributed by atoms with van der Waals surface area (Å²) < 4.78 is 54.2. The zero-order valence-electron chi connectivity index (χ0n) is 20.7. The lowest BCUT2D eigenvalue weighted by Gasteiger charge is -2.20. The Balaban J connectivity index is 1.73. The molecule has 1 aliphatic rings. The smallest absolute Gasteiger partial charge is 0.249 e. The maximum absolute atomic E-state index is 13.3. The molecular weight excluding hydrogens is 583 g/mol. The number of hydrogen-bond donors (Lipinski definition) is 3. The van der Waals surface area contributed by atoms with Gasteiger partial charge in [-0.2, -0.15) is 18.2 Å². The molecule has 1 heterocycles. The highest BCUT2D eigenvalue weighted by molar-refractivity contribution is 7.90. The number of nitrogens with one attached hydrogen (secondary N) is 2. The zero-order chi connectivity index (χ0) is 28.2. The first-order chi connectivity index (χ1) is 18.4. The molecule has 0 bridgehead atoms. The van der Waals surface area contributed by atoms with Gasteiger partial charge >= 0.3 is 0 Å². The second-order valence-electron chi connectivity index (χ2n) is 8.83. The summed E-state index contributed by atoms with van der Waals surface area (Å²) in [6.07, 6.45) is 0. The molecule has 4 N–H and O–H groups in total. The molecule has 0 fully saturated rings. The van der Waals surface area contributed by atoms with Gasteiger partial charge < -0.3 is 0 Å². The SMILES string of the molecule is CC(CN=C(NS(=O)(=O)c1ccc(Cl)cc1)N1C[C@H](c2ccccc2)C(c2ccc(Cl)cc2)=N1)NS(N)(=O)=O. The van der Waals surface area contributed by atoms with Crippen LogP contribution >= 0.6 is 23.2 Å². The van der Waals surface area contributed by atoms with Gasteiger partial charge in [-0.05, 0) is 54.4 Å². The molecule has 3 aromatic carbocycles. The van der Waals surface area contributed by atoms with Crippen molar-refractivity contribution in [3.05, 3.63) is 100 Å². The van der Waals surface area contributed by atoms with Crippen LogP contribution in [0.5, 0.6) is 0 Å². The molecule has 0 amide bonds. The van der Waals surface area contributed by atoms with Gasteiger partial charge in [-0.1, -0.05) is 65.7 Å². The number of sulfonamides is 1. The third kappa shape index (κ3) is 7.78. The number of rotatable bonds is 8. The van der Waals surface area contributed by atoms with Gasteiger partial charge in [0.05, 0.1) is 23.7 Å². The van der Waals surface area contributed by atoms with Crippen LogP contribution in [0.3, 0.4) is 0 Å². The Morgan fingerprint density at radius 2 is 1.59 bits per heavy atom. The lowest BCUT2D eigenvalue weighted by molar-refractivity contribution is 0.459. The summed E-state index contributed by atoms with van der Waals surface area (Å²) in [5, 5.41) is 12.2. The molecular formula is C25H26Cl2N6O4S2. The van der Waals surface area contributed by atoms with Crippen LogP contribution in [-0.2, 0) is 20.2 Å². The van der Waals surface area contributed by atoms with Gasteiger partial charge in [0.1, 0.15) is 0 Å². The van der Waals surface area contributed by atoms with Gasteiger partial charge in [-0.3, -0.25) is 0 Å². The van der Waals surface area contributed by atoms with Crippen molar-refractivity contribution in [1.29, 1.82) is 0 Å². The average molecular weight is 610 g/mol. The van der Waals surface area contributed by atoms with Crippen LogP contribution in [0.4, 0.5) is 0 Å². The number of nitrogens with zero attached hydrogens (tertiary/aromatic N) is 3. The third-order valence-electron chi connectivity index (χ3n) is 5.73. The standard InChI is InChI=1S/C25H26Cl2N6O4S2/c1-17(31-39(28,36)37)15-29-25(32-38(34,35)22-13-11-21(27)12-14-22)33-16-23(18-5-3-2-4-6-18)24(30-33)19-7-9-20(26)10-8-19/h2-14,17,23,31H,15-16H2,1H3,(H,29,32)(H2,28,36,37)/t17?,23-/m1/s1. The van der Waals surface area contributed by atoms with Gasteiger partial charge in [-0.15, -0.1) is 0 Å². The first-order valence-electron chi connectivity index (χ1n) is 11.7. The Morgan fingerprint density at radius 1 is 1.00 bits per heavy atom. The molecule has 1 unspecified atom stereocenters. The van der Waals surface area contributed by atoms with E-state index in [-0.39, 0.29) is 29.9 Å². The quantitative estimate of drug-likeness (QED) is 0.265. The molecule has 10 nitrogen and oxygen atoms in total. The van der Waals surface area contributed by atoms with E-state index < -0.39 is 26.3 Å². The van der Waals surface area contributed by atoms with E-state index in [0.29, 0.717) is 15.8 Å². The minimum Gasteiger partial charge on any atom is -0.249 e. The molecule has 3 aromatic rings. The Hall–Kier alpha value is -3.00. The van der Waals surface area contributed by atoms with Crippen molar-refractivity contribution < 1.29 is 16.8 Å². The van der Waals surface area contributed by atoms with Gasteiger partial charge in [0.25, 0.3) is 20.2 Å². The van der Waals surface area contributed by atoms with E-state index in [9.17, 15) is 16.8 Å². The molecule has 0 radical (unpaired) electrons. The second-order valence-corrected chi connectivity index (χ2v) is 12.7. The van der Waals surface area contributed by atoms with Gasteiger partial charge in [0.2, 0.25) is 5.96 Å². The van der Waals surface area contributed by atoms with E-state index in [1.54, 1.807) is 19.1 Å². The van der Waals surface area contributed by atoms with E-state index in [2.05, 4.69) is 14.4 Å². The van der Waals surface area contributed by atoms with Crippen LogP contribution < -0.4 is 14.6 Å². The number of hydrogen-bond acceptors (Lipinski definition) is 6. The maximum atomic E-state index is 13.3. The van der Waals surface area contributed by atoms with E-state index in [1.165, 1.54) is 29.3 Å². The van der Waals surface area contributed by atoms with Crippen LogP contribution in [0.25, 0.3) is 0 Å². The lowest BCUT2D eigenvalue weighted by Crippen LogP contribution is -2.43. The van der Waals surface area contributed by atoms with E-state index in [4.69, 9.17) is 33.4 Å². The Labute approximate surface area is 237 Å². The molecule has 0 aromatic heterocycles. The van der Waals surface area contributed by atoms with E-state index in [0.717, 1.165) is 11.1 Å². The van der Waals surface area contributed by atoms with Crippen LogP contribution in [-0.4, -0.2) is 52.6 Å². The molecule has 0 spiro atoms. The highest BCUT2D eigenvalue weighted by atomic mass is 35.5. The van der Waals surface area contributed by atoms with Crippen molar-refractivity contribution >= 4 is 55.1 Å². The van der Waals surface area contributed by atoms with Gasteiger partial charge in [0.15, 0.2) is 0 Å². The monoisotopic (exact) mass is 608 g/mol. The van der Waals surface area contributed by atoms with Crippen molar-refractivity contribution in [2.24, 2.45) is 15.2 Å². The van der Waals surface area contributed by atoms with Gasteiger partial charge in [-0.25, -0.2) is 28.3 Å². The van der Waals surface area contributed by atoms with Crippen molar-refractivity contribution in [3.63, 3.8) is 0 Å². The second kappa shape index (κ2) is 12.0. The van der Waals surface area contributed by atoms with Crippen LogP contribution in [0.15, 0.2) is 93.9 Å². The largest absolute Gasteiger partial charge is 0.274 e. The number of guanidine groups is 1. The fraction of sp³-hybridized carbons (Fsp3) is 0.200. The van der Waals surface area contributed by atoms with Crippen LogP contribution in [0.1, 0.15) is 24.0 Å². The molecule has 39 heavy (non-hydrogen) atoms. The fourth-order valence-electron chi connectivity index (χ4n) is 3.96.